The lowest BCUT2D eigenvalue weighted by molar-refractivity contribution is 0.206. The van der Waals surface area contributed by atoms with Crippen LogP contribution in [-0.4, -0.2) is 0 Å². The van der Waals surface area contributed by atoms with Crippen LogP contribution in [0.1, 0.15) is 126 Å². The Balaban J connectivity index is 4.32. The van der Waals surface area contributed by atoms with E-state index in [4.69, 9.17) is 0 Å². The van der Waals surface area contributed by atoms with Crippen molar-refractivity contribution in [3.05, 3.63) is 0 Å². The molecule has 0 aliphatic rings. The molecule has 0 heteroatoms. The Morgan fingerprint density at radius 3 is 1.79 bits per heavy atom. The van der Waals surface area contributed by atoms with Gasteiger partial charge < -0.3 is 0 Å². The summed E-state index contributed by atoms with van der Waals surface area (Å²) in [5.74, 6) is 3.61. The Kier molecular flexibility index (Phi) is 13.2. The van der Waals surface area contributed by atoms with Crippen molar-refractivity contribution in [1.82, 2.24) is 0 Å². The number of unbranched alkanes of at least 4 members (excludes halogenated alkanes) is 3. The van der Waals surface area contributed by atoms with Crippen LogP contribution in [0.2, 0.25) is 0 Å². The van der Waals surface area contributed by atoms with Gasteiger partial charge in [0.05, 0.1) is 0 Å². The van der Waals surface area contributed by atoms with Crippen molar-refractivity contribution in [3.63, 3.8) is 0 Å². The zero-order chi connectivity index (χ0) is 18.6. The molecule has 0 saturated carbocycles. The predicted molar refractivity (Wildman–Crippen MR) is 113 cm³/mol. The highest BCUT2D eigenvalue weighted by Crippen LogP contribution is 2.35. The van der Waals surface area contributed by atoms with Gasteiger partial charge in [-0.1, -0.05) is 113 Å². The van der Waals surface area contributed by atoms with Crippen LogP contribution in [0.25, 0.3) is 0 Å². The van der Waals surface area contributed by atoms with Gasteiger partial charge in [-0.15, -0.1) is 0 Å². The molecule has 0 saturated heterocycles. The van der Waals surface area contributed by atoms with Gasteiger partial charge in [0, 0.05) is 0 Å². The first-order chi connectivity index (χ1) is 11.2. The molecule has 0 radical (unpaired) electrons. The molecule has 0 heterocycles. The molecule has 0 aromatic carbocycles. The highest BCUT2D eigenvalue weighted by atomic mass is 14.3. The molecular weight excluding hydrogens is 288 g/mol. The van der Waals surface area contributed by atoms with Gasteiger partial charge in [0.15, 0.2) is 0 Å². The summed E-state index contributed by atoms with van der Waals surface area (Å²) < 4.78 is 0. The third-order valence-corrected chi connectivity index (χ3v) is 6.22. The Morgan fingerprint density at radius 2 is 1.25 bits per heavy atom. The third-order valence-electron chi connectivity index (χ3n) is 6.22. The van der Waals surface area contributed by atoms with E-state index in [1.54, 1.807) is 0 Å². The first-order valence-electron chi connectivity index (χ1n) is 11.2. The fourth-order valence-corrected chi connectivity index (χ4v) is 4.61. The van der Waals surface area contributed by atoms with Crippen LogP contribution in [0.5, 0.6) is 0 Å². The Labute approximate surface area is 155 Å². The molecule has 3 unspecified atom stereocenters. The van der Waals surface area contributed by atoms with Gasteiger partial charge in [0.25, 0.3) is 0 Å². The fourth-order valence-electron chi connectivity index (χ4n) is 4.61. The maximum absolute atomic E-state index is 2.54. The fraction of sp³-hybridized carbons (Fsp3) is 1.00. The maximum atomic E-state index is 2.54. The third kappa shape index (κ3) is 11.5. The standard InChI is InChI=1S/C24H50/c1-9-11-15-21(5)22(6)23(16-12-10-2)17-13-14-18-24(7,8)19-20(3)4/h20-23H,9-19H2,1-8H3. The van der Waals surface area contributed by atoms with E-state index in [0.29, 0.717) is 5.41 Å². The number of hydrogen-bond donors (Lipinski definition) is 0. The molecule has 0 spiro atoms. The van der Waals surface area contributed by atoms with Gasteiger partial charge in [-0.3, -0.25) is 0 Å². The van der Waals surface area contributed by atoms with Crippen LogP contribution in [0.3, 0.4) is 0 Å². The second kappa shape index (κ2) is 13.2. The molecule has 0 N–H and O–H groups in total. The molecule has 0 aliphatic heterocycles. The SMILES string of the molecule is CCCCC(C)C(C)C(CCCC)CCCCC(C)(C)CC(C)C. The van der Waals surface area contributed by atoms with Crippen molar-refractivity contribution in [1.29, 1.82) is 0 Å². The quantitative estimate of drug-likeness (QED) is 0.261. The summed E-state index contributed by atoms with van der Waals surface area (Å²) in [6, 6.07) is 0. The monoisotopic (exact) mass is 338 g/mol. The molecule has 24 heavy (non-hydrogen) atoms. The zero-order valence-electron chi connectivity index (χ0n) is 18.6. The maximum Gasteiger partial charge on any atom is -0.0352 e. The summed E-state index contributed by atoms with van der Waals surface area (Å²) in [6.45, 7) is 19.4. The normalized spacial score (nSPS) is 16.4. The minimum absolute atomic E-state index is 0.535. The van der Waals surface area contributed by atoms with Crippen molar-refractivity contribution in [2.24, 2.45) is 29.1 Å². The lowest BCUT2D eigenvalue weighted by Crippen LogP contribution is -2.20. The molecular formula is C24H50. The van der Waals surface area contributed by atoms with Gasteiger partial charge in [-0.05, 0) is 41.9 Å². The number of rotatable bonds is 15. The van der Waals surface area contributed by atoms with Crippen molar-refractivity contribution >= 4 is 0 Å². The highest BCUT2D eigenvalue weighted by Gasteiger charge is 2.23. The second-order valence-corrected chi connectivity index (χ2v) is 9.89. The Morgan fingerprint density at radius 1 is 0.708 bits per heavy atom. The molecule has 0 nitrogen and oxygen atoms in total. The molecule has 0 fully saturated rings. The van der Waals surface area contributed by atoms with E-state index in [2.05, 4.69) is 55.4 Å². The Hall–Kier alpha value is 0. The van der Waals surface area contributed by atoms with E-state index < -0.39 is 0 Å². The van der Waals surface area contributed by atoms with Crippen LogP contribution < -0.4 is 0 Å². The van der Waals surface area contributed by atoms with E-state index in [-0.39, 0.29) is 0 Å². The first-order valence-corrected chi connectivity index (χ1v) is 11.2. The van der Waals surface area contributed by atoms with Crippen molar-refractivity contribution in [2.75, 3.05) is 0 Å². The van der Waals surface area contributed by atoms with Crippen LogP contribution in [0.15, 0.2) is 0 Å². The van der Waals surface area contributed by atoms with Gasteiger partial charge in [0.2, 0.25) is 0 Å². The molecule has 0 aliphatic carbocycles. The number of hydrogen-bond acceptors (Lipinski definition) is 0. The summed E-state index contributed by atoms with van der Waals surface area (Å²) in [5.41, 5.74) is 0.535. The molecule has 0 aromatic heterocycles. The zero-order valence-corrected chi connectivity index (χ0v) is 18.6. The van der Waals surface area contributed by atoms with Gasteiger partial charge >= 0.3 is 0 Å². The van der Waals surface area contributed by atoms with Gasteiger partial charge in [-0.25, -0.2) is 0 Å². The molecule has 0 rings (SSSR count). The van der Waals surface area contributed by atoms with Crippen LogP contribution in [0, 0.1) is 29.1 Å². The summed E-state index contributed by atoms with van der Waals surface area (Å²) in [5, 5.41) is 0. The summed E-state index contributed by atoms with van der Waals surface area (Å²) in [4.78, 5) is 0. The van der Waals surface area contributed by atoms with Gasteiger partial charge in [-0.2, -0.15) is 0 Å². The van der Waals surface area contributed by atoms with E-state index in [9.17, 15) is 0 Å². The predicted octanol–water partition coefficient (Wildman–Crippen LogP) is 8.89. The summed E-state index contributed by atoms with van der Waals surface area (Å²) in [6.07, 6.45) is 15.6. The average molecular weight is 339 g/mol. The van der Waals surface area contributed by atoms with Crippen LogP contribution >= 0.6 is 0 Å². The minimum atomic E-state index is 0.535. The topological polar surface area (TPSA) is 0 Å². The summed E-state index contributed by atoms with van der Waals surface area (Å²) in [7, 11) is 0. The smallest absolute Gasteiger partial charge is 0.0352 e. The molecule has 0 bridgehead atoms. The first kappa shape index (κ1) is 24.0. The van der Waals surface area contributed by atoms with Gasteiger partial charge in [0.1, 0.15) is 0 Å². The Bertz CT molecular complexity index is 276. The average Bonchev–Trinajstić information content (AvgIpc) is 2.49. The van der Waals surface area contributed by atoms with E-state index >= 15 is 0 Å². The second-order valence-electron chi connectivity index (χ2n) is 9.89. The molecule has 0 amide bonds. The summed E-state index contributed by atoms with van der Waals surface area (Å²) >= 11 is 0. The highest BCUT2D eigenvalue weighted by molar-refractivity contribution is 4.74. The van der Waals surface area contributed by atoms with E-state index in [1.165, 1.54) is 70.6 Å². The van der Waals surface area contributed by atoms with E-state index in [0.717, 1.165) is 23.7 Å². The van der Waals surface area contributed by atoms with Crippen LogP contribution in [0.4, 0.5) is 0 Å². The van der Waals surface area contributed by atoms with Crippen LogP contribution in [-0.2, 0) is 0 Å². The van der Waals surface area contributed by atoms with Crippen molar-refractivity contribution < 1.29 is 0 Å². The molecule has 146 valence electrons. The lowest BCUT2D eigenvalue weighted by Gasteiger charge is -2.30. The van der Waals surface area contributed by atoms with Crippen molar-refractivity contribution in [3.8, 4) is 0 Å². The molecule has 3 atom stereocenters. The lowest BCUT2D eigenvalue weighted by atomic mass is 9.75. The molecule has 0 aromatic rings. The largest absolute Gasteiger partial charge is 0.0654 e. The van der Waals surface area contributed by atoms with E-state index in [1.807, 2.05) is 0 Å². The van der Waals surface area contributed by atoms with Crippen molar-refractivity contribution in [2.45, 2.75) is 126 Å². The minimum Gasteiger partial charge on any atom is -0.0654 e.